The van der Waals surface area contributed by atoms with E-state index in [0.29, 0.717) is 16.6 Å². The molecule has 0 saturated carbocycles. The Bertz CT molecular complexity index is 635. The number of amidine groups is 1. The number of hydrogen-bond donors (Lipinski definition) is 1. The molecule has 0 aliphatic rings. The van der Waals surface area contributed by atoms with Gasteiger partial charge in [0.15, 0.2) is 17.1 Å². The van der Waals surface area contributed by atoms with Crippen LogP contribution >= 0.6 is 11.8 Å². The van der Waals surface area contributed by atoms with Crippen molar-refractivity contribution in [1.29, 1.82) is 5.26 Å². The minimum Gasteiger partial charge on any atom is -0.455 e. The second-order valence-electron chi connectivity index (χ2n) is 3.74. The van der Waals surface area contributed by atoms with Gasteiger partial charge in [0.25, 0.3) is 0 Å². The van der Waals surface area contributed by atoms with Crippen molar-refractivity contribution in [3.05, 3.63) is 54.6 Å². The number of ether oxygens (including phenoxy) is 1. The number of nitriles is 1. The topological polar surface area (TPSA) is 57.4 Å². The maximum atomic E-state index is 8.66. The summed E-state index contributed by atoms with van der Waals surface area (Å²) in [4.78, 5) is 4.38. The lowest BCUT2D eigenvalue weighted by atomic mass is 10.3. The number of para-hydroxylation sites is 3. The van der Waals surface area contributed by atoms with Crippen molar-refractivity contribution in [2.24, 2.45) is 4.99 Å². The summed E-state index contributed by atoms with van der Waals surface area (Å²) in [6.45, 7) is 0. The number of aliphatic imine (C=N–C) groups is 1. The summed E-state index contributed by atoms with van der Waals surface area (Å²) in [6.07, 6.45) is 3.72. The Morgan fingerprint density at radius 1 is 1.15 bits per heavy atom. The number of nitrogens with one attached hydrogen (secondary N) is 1. The molecular formula is C15H13N3OS. The highest BCUT2D eigenvalue weighted by Crippen LogP contribution is 2.31. The molecule has 2 aromatic carbocycles. The highest BCUT2D eigenvalue weighted by Gasteiger charge is 2.05. The number of benzene rings is 2. The van der Waals surface area contributed by atoms with Gasteiger partial charge in [-0.1, -0.05) is 42.1 Å². The summed E-state index contributed by atoms with van der Waals surface area (Å²) in [6, 6.07) is 16.9. The second-order valence-corrected chi connectivity index (χ2v) is 4.54. The highest BCUT2D eigenvalue weighted by atomic mass is 32.2. The molecule has 0 aromatic heterocycles. The molecule has 0 bridgehead atoms. The zero-order valence-electron chi connectivity index (χ0n) is 10.9. The first kappa shape index (κ1) is 14.0. The van der Waals surface area contributed by atoms with E-state index in [0.717, 1.165) is 5.75 Å². The van der Waals surface area contributed by atoms with Crippen LogP contribution in [0.5, 0.6) is 11.5 Å². The quantitative estimate of drug-likeness (QED) is 0.402. The van der Waals surface area contributed by atoms with Crippen LogP contribution in [0.4, 0.5) is 5.69 Å². The molecule has 0 unspecified atom stereocenters. The lowest BCUT2D eigenvalue weighted by Gasteiger charge is -2.08. The number of rotatable bonds is 3. The third-order valence-electron chi connectivity index (χ3n) is 2.41. The van der Waals surface area contributed by atoms with Crippen LogP contribution in [-0.4, -0.2) is 11.4 Å². The van der Waals surface area contributed by atoms with E-state index in [1.807, 2.05) is 67.0 Å². The van der Waals surface area contributed by atoms with Crippen LogP contribution < -0.4 is 10.1 Å². The predicted molar refractivity (Wildman–Crippen MR) is 82.3 cm³/mol. The zero-order valence-corrected chi connectivity index (χ0v) is 11.7. The maximum Gasteiger partial charge on any atom is 0.183 e. The Morgan fingerprint density at radius 3 is 2.55 bits per heavy atom. The number of thioether (sulfide) groups is 1. The minimum absolute atomic E-state index is 0.525. The lowest BCUT2D eigenvalue weighted by molar-refractivity contribution is 0.484. The average molecular weight is 283 g/mol. The minimum atomic E-state index is 0.525. The fraction of sp³-hybridized carbons (Fsp3) is 0.0667. The van der Waals surface area contributed by atoms with Crippen molar-refractivity contribution in [3.8, 4) is 17.7 Å². The smallest absolute Gasteiger partial charge is 0.183 e. The summed E-state index contributed by atoms with van der Waals surface area (Å²) >= 11 is 1.37. The summed E-state index contributed by atoms with van der Waals surface area (Å²) < 4.78 is 5.81. The van der Waals surface area contributed by atoms with Gasteiger partial charge in [0.05, 0.1) is 0 Å². The van der Waals surface area contributed by atoms with E-state index in [4.69, 9.17) is 10.00 Å². The van der Waals surface area contributed by atoms with Gasteiger partial charge in [-0.05, 0) is 30.5 Å². The molecule has 0 aliphatic carbocycles. The molecule has 0 aliphatic heterocycles. The van der Waals surface area contributed by atoms with Crippen molar-refractivity contribution in [2.75, 3.05) is 6.26 Å². The van der Waals surface area contributed by atoms with E-state index in [9.17, 15) is 0 Å². The summed E-state index contributed by atoms with van der Waals surface area (Å²) in [7, 11) is 0. The van der Waals surface area contributed by atoms with Gasteiger partial charge in [-0.25, -0.2) is 4.99 Å². The molecule has 0 heterocycles. The van der Waals surface area contributed by atoms with Crippen molar-refractivity contribution < 1.29 is 4.74 Å². The Hall–Kier alpha value is -2.45. The molecule has 5 heteroatoms. The van der Waals surface area contributed by atoms with Gasteiger partial charge < -0.3 is 4.74 Å². The molecule has 0 saturated heterocycles. The van der Waals surface area contributed by atoms with Gasteiger partial charge in [0.1, 0.15) is 11.4 Å². The van der Waals surface area contributed by atoms with Gasteiger partial charge in [0.2, 0.25) is 0 Å². The largest absolute Gasteiger partial charge is 0.455 e. The van der Waals surface area contributed by atoms with Crippen LogP contribution in [0.1, 0.15) is 0 Å². The first-order valence-electron chi connectivity index (χ1n) is 5.93. The van der Waals surface area contributed by atoms with Crippen molar-refractivity contribution in [1.82, 2.24) is 5.32 Å². The Balaban J connectivity index is 2.29. The molecule has 0 amide bonds. The normalized spacial score (nSPS) is 10.7. The van der Waals surface area contributed by atoms with E-state index in [-0.39, 0.29) is 0 Å². The van der Waals surface area contributed by atoms with E-state index in [1.54, 1.807) is 0 Å². The van der Waals surface area contributed by atoms with Crippen molar-refractivity contribution >= 4 is 22.6 Å². The van der Waals surface area contributed by atoms with Crippen LogP contribution in [0.2, 0.25) is 0 Å². The molecule has 4 nitrogen and oxygen atoms in total. The first-order chi connectivity index (χ1) is 9.83. The Kier molecular flexibility index (Phi) is 5.04. The number of hydrogen-bond acceptors (Lipinski definition) is 4. The fourth-order valence-electron chi connectivity index (χ4n) is 1.53. The summed E-state index contributed by atoms with van der Waals surface area (Å²) in [5, 5.41) is 11.7. The molecular weight excluding hydrogens is 270 g/mol. The van der Waals surface area contributed by atoms with E-state index < -0.39 is 0 Å². The lowest BCUT2D eigenvalue weighted by Crippen LogP contribution is -2.12. The van der Waals surface area contributed by atoms with Gasteiger partial charge in [-0.15, -0.1) is 0 Å². The highest BCUT2D eigenvalue weighted by molar-refractivity contribution is 8.13. The van der Waals surface area contributed by atoms with Crippen LogP contribution in [-0.2, 0) is 0 Å². The van der Waals surface area contributed by atoms with Crippen LogP contribution in [0.15, 0.2) is 59.6 Å². The molecule has 2 rings (SSSR count). The third-order valence-corrected chi connectivity index (χ3v) is 2.99. The Morgan fingerprint density at radius 2 is 1.85 bits per heavy atom. The van der Waals surface area contributed by atoms with E-state index in [2.05, 4.69) is 10.3 Å². The second kappa shape index (κ2) is 7.22. The van der Waals surface area contributed by atoms with Gasteiger partial charge >= 0.3 is 0 Å². The third kappa shape index (κ3) is 3.77. The molecule has 20 heavy (non-hydrogen) atoms. The maximum absolute atomic E-state index is 8.66. The molecule has 0 atom stereocenters. The Labute approximate surface area is 122 Å². The first-order valence-corrected chi connectivity index (χ1v) is 7.15. The molecule has 0 fully saturated rings. The van der Waals surface area contributed by atoms with E-state index in [1.165, 1.54) is 11.8 Å². The molecule has 2 aromatic rings. The van der Waals surface area contributed by atoms with E-state index >= 15 is 0 Å². The monoisotopic (exact) mass is 283 g/mol. The summed E-state index contributed by atoms with van der Waals surface area (Å²) in [5.74, 6) is 1.39. The molecule has 100 valence electrons. The van der Waals surface area contributed by atoms with Crippen LogP contribution in [0.25, 0.3) is 0 Å². The average Bonchev–Trinajstić information content (AvgIpc) is 2.49. The van der Waals surface area contributed by atoms with Gasteiger partial charge in [-0.2, -0.15) is 5.26 Å². The summed E-state index contributed by atoms with van der Waals surface area (Å²) in [5.41, 5.74) is 0.670. The van der Waals surface area contributed by atoms with Gasteiger partial charge in [-0.3, -0.25) is 5.32 Å². The van der Waals surface area contributed by atoms with Crippen LogP contribution in [0.3, 0.4) is 0 Å². The van der Waals surface area contributed by atoms with Crippen LogP contribution in [0, 0.1) is 11.5 Å². The zero-order chi connectivity index (χ0) is 14.2. The predicted octanol–water partition coefficient (Wildman–Crippen LogP) is 3.90. The SMILES string of the molecule is CSC(=Nc1ccccc1Oc1ccccc1)NC#N. The molecule has 1 N–H and O–H groups in total. The fourth-order valence-corrected chi connectivity index (χ4v) is 1.87. The van der Waals surface area contributed by atoms with Crippen molar-refractivity contribution in [2.45, 2.75) is 0 Å². The number of nitrogens with zero attached hydrogens (tertiary/aromatic N) is 2. The molecule has 0 radical (unpaired) electrons. The van der Waals surface area contributed by atoms with Gasteiger partial charge in [0, 0.05) is 0 Å². The standard InChI is InChI=1S/C15H13N3OS/c1-20-15(17-11-16)18-13-9-5-6-10-14(13)19-12-7-3-2-4-8-12/h2-10H,1H3,(H,17,18). The molecule has 0 spiro atoms. The van der Waals surface area contributed by atoms with Crippen molar-refractivity contribution in [3.63, 3.8) is 0 Å².